The van der Waals surface area contributed by atoms with Gasteiger partial charge in [0.25, 0.3) is 0 Å². The minimum absolute atomic E-state index is 0. The van der Waals surface area contributed by atoms with E-state index in [1.165, 1.54) is 34.1 Å². The van der Waals surface area contributed by atoms with Gasteiger partial charge < -0.3 is 17.6 Å². The van der Waals surface area contributed by atoms with Gasteiger partial charge in [-0.2, -0.15) is 23.6 Å². The fourth-order valence-electron chi connectivity index (χ4n) is 1.41. The number of hydrogen-bond acceptors (Lipinski definition) is 2. The molecule has 0 spiro atoms. The van der Waals surface area contributed by atoms with Crippen LogP contribution >= 0.6 is 24.8 Å². The molecule has 2 N–H and O–H groups in total. The predicted molar refractivity (Wildman–Crippen MR) is 102 cm³/mol. The molecule has 1 aliphatic rings. The van der Waals surface area contributed by atoms with Crippen molar-refractivity contribution < 1.29 is 33.5 Å². The largest absolute Gasteiger partial charge is 0.168 e. The van der Waals surface area contributed by atoms with Crippen molar-refractivity contribution in [1.29, 1.82) is 0 Å². The van der Waals surface area contributed by atoms with Crippen LogP contribution in [-0.4, -0.2) is 30.3 Å². The molecule has 2 radical (unpaired) electrons. The van der Waals surface area contributed by atoms with Crippen molar-refractivity contribution in [3.63, 3.8) is 0 Å². The number of hydrogen-bond donors (Lipinski definition) is 2. The van der Waals surface area contributed by atoms with Gasteiger partial charge in [0, 0.05) is 0 Å². The molecular formula is C17H23Cl2O2SiZr-3. The molecule has 2 nitrogen and oxygen atoms in total. The van der Waals surface area contributed by atoms with Gasteiger partial charge in [-0.3, -0.25) is 6.08 Å². The third-order valence-electron chi connectivity index (χ3n) is 2.23. The van der Waals surface area contributed by atoms with Gasteiger partial charge in [0.05, 0.1) is 13.2 Å². The van der Waals surface area contributed by atoms with Crippen LogP contribution in [0.25, 0.3) is 10.8 Å². The summed E-state index contributed by atoms with van der Waals surface area (Å²) in [5.74, 6) is 0. The fourth-order valence-corrected chi connectivity index (χ4v) is 1.41. The first-order valence-electron chi connectivity index (χ1n) is 6.17. The summed E-state index contributed by atoms with van der Waals surface area (Å²) < 4.78 is 0. The summed E-state index contributed by atoms with van der Waals surface area (Å²) >= 11 is 1.36. The molecule has 0 atom stereocenters. The molecule has 0 saturated heterocycles. The molecule has 1 aliphatic carbocycles. The van der Waals surface area contributed by atoms with E-state index in [9.17, 15) is 0 Å². The van der Waals surface area contributed by atoms with E-state index in [-0.39, 0.29) is 45.5 Å². The van der Waals surface area contributed by atoms with Gasteiger partial charge in [-0.15, -0.1) is 60.9 Å². The van der Waals surface area contributed by atoms with E-state index in [1.54, 1.807) is 0 Å². The van der Waals surface area contributed by atoms with Crippen LogP contribution in [0.2, 0.25) is 0 Å². The number of benzene rings is 1. The Morgan fingerprint density at radius 3 is 2.09 bits per heavy atom. The fraction of sp³-hybridized carbons (Fsp3) is 0.176. The van der Waals surface area contributed by atoms with E-state index >= 15 is 0 Å². The van der Waals surface area contributed by atoms with Crippen molar-refractivity contribution in [3.8, 4) is 0 Å². The average Bonchev–Trinajstić information content (AvgIpc) is 3.23. The van der Waals surface area contributed by atoms with Crippen molar-refractivity contribution in [1.82, 2.24) is 0 Å². The number of aliphatic hydroxyl groups is 2. The maximum atomic E-state index is 7.62. The molecule has 0 heterocycles. The Morgan fingerprint density at radius 2 is 1.70 bits per heavy atom. The Morgan fingerprint density at radius 1 is 1.09 bits per heavy atom. The van der Waals surface area contributed by atoms with Crippen LogP contribution in [0.15, 0.2) is 60.7 Å². The summed E-state index contributed by atoms with van der Waals surface area (Å²) in [6.45, 7) is 2.81. The number of fused-ring (bicyclic) bond motifs is 1. The van der Waals surface area contributed by atoms with E-state index in [0.29, 0.717) is 0 Å². The smallest absolute Gasteiger partial charge is 0.0809 e. The molecule has 23 heavy (non-hydrogen) atoms. The molecule has 6 heteroatoms. The Labute approximate surface area is 169 Å². The average molecular weight is 450 g/mol. The minimum atomic E-state index is -0.125. The normalized spacial score (nSPS) is 9.26. The predicted octanol–water partition coefficient (Wildman–Crippen LogP) is 3.75. The molecule has 0 saturated carbocycles. The van der Waals surface area contributed by atoms with Gasteiger partial charge in [-0.05, 0) is 0 Å². The maximum absolute atomic E-state index is 7.62. The standard InChI is InChI=1S/C9H7.C5H5.C2H6O2.CH3.2ClH.Si.Zr/c1-2-5-9-7-3-6-8(9)4-1;1-2-4-5-3-1;3-1-2-4;;;;;/h1-7H;1-3H,4H2;3-4H,1-2H2;1H3;2*1H;;/q2*-1;;-1;;;;. The van der Waals surface area contributed by atoms with Crippen molar-refractivity contribution in [2.45, 2.75) is 6.42 Å². The van der Waals surface area contributed by atoms with Crippen molar-refractivity contribution >= 4 is 42.5 Å². The van der Waals surface area contributed by atoms with Gasteiger partial charge >= 0.3 is 30.2 Å². The zero-order valence-corrected chi connectivity index (χ0v) is 18.2. The molecule has 0 unspecified atom stereocenters. The van der Waals surface area contributed by atoms with E-state index in [1.807, 2.05) is 12.2 Å². The Kier molecular flexibility index (Phi) is 32.3. The number of aliphatic hydroxyl groups excluding tert-OH is 2. The molecular weight excluding hydrogens is 426 g/mol. The zero-order chi connectivity index (χ0) is 15.1. The summed E-state index contributed by atoms with van der Waals surface area (Å²) in [6, 6.07) is 14.7. The number of allylic oxidation sites excluding steroid dienone is 4. The molecule has 0 bridgehead atoms. The van der Waals surface area contributed by atoms with Crippen LogP contribution in [0, 0.1) is 13.5 Å². The SMILES string of the molecule is Cl.Cl.OCCO.[C-]1=CC=CC1.[CH3-].[Si]=[Zr].c1ccc2[cH-]ccc2c1. The van der Waals surface area contributed by atoms with E-state index in [0.717, 1.165) is 6.42 Å². The zero-order valence-electron chi connectivity index (χ0n) is 13.1. The molecule has 0 fully saturated rings. The topological polar surface area (TPSA) is 40.5 Å². The van der Waals surface area contributed by atoms with Crippen LogP contribution in [0.4, 0.5) is 0 Å². The van der Waals surface area contributed by atoms with Crippen molar-refractivity contribution in [3.05, 3.63) is 74.2 Å². The van der Waals surface area contributed by atoms with Crippen molar-refractivity contribution in [2.75, 3.05) is 13.2 Å². The summed E-state index contributed by atoms with van der Waals surface area (Å²) in [4.78, 5) is 0. The summed E-state index contributed by atoms with van der Waals surface area (Å²) in [5, 5.41) is 17.9. The van der Waals surface area contributed by atoms with Crippen LogP contribution in [-0.2, 0) is 23.3 Å². The Bertz CT molecular complexity index is 474. The second-order valence-corrected chi connectivity index (χ2v) is 3.60. The maximum Gasteiger partial charge on any atom is -0.0809 e. The molecule has 3 rings (SSSR count). The third kappa shape index (κ3) is 16.5. The van der Waals surface area contributed by atoms with Gasteiger partial charge in [0.2, 0.25) is 0 Å². The van der Waals surface area contributed by atoms with Gasteiger partial charge in [-0.1, -0.05) is 6.07 Å². The first-order chi connectivity index (χ1) is 9.88. The molecule has 2 aromatic carbocycles. The second-order valence-electron chi connectivity index (χ2n) is 3.60. The van der Waals surface area contributed by atoms with Crippen LogP contribution < -0.4 is 0 Å². The van der Waals surface area contributed by atoms with Gasteiger partial charge in [-0.25, -0.2) is 12.2 Å². The first-order valence-corrected chi connectivity index (χ1v) is 10.4. The van der Waals surface area contributed by atoms with Gasteiger partial charge in [0.15, 0.2) is 0 Å². The summed E-state index contributed by atoms with van der Waals surface area (Å²) in [5.41, 5.74) is 0. The van der Waals surface area contributed by atoms with Gasteiger partial charge in [0.1, 0.15) is 0 Å². The van der Waals surface area contributed by atoms with Crippen LogP contribution in [0.1, 0.15) is 6.42 Å². The summed E-state index contributed by atoms with van der Waals surface area (Å²) in [7, 11) is 0. The molecule has 0 aromatic heterocycles. The quantitative estimate of drug-likeness (QED) is 0.514. The second kappa shape index (κ2) is 24.2. The number of halogens is 2. The van der Waals surface area contributed by atoms with E-state index in [4.69, 9.17) is 10.2 Å². The van der Waals surface area contributed by atoms with Crippen LogP contribution in [0.5, 0.6) is 0 Å². The molecule has 2 aromatic rings. The van der Waals surface area contributed by atoms with Crippen molar-refractivity contribution in [2.24, 2.45) is 0 Å². The van der Waals surface area contributed by atoms with E-state index < -0.39 is 0 Å². The Balaban J connectivity index is -0.000000114. The minimum Gasteiger partial charge on any atom is -0.168 e. The van der Waals surface area contributed by atoms with Crippen LogP contribution in [0.3, 0.4) is 0 Å². The third-order valence-corrected chi connectivity index (χ3v) is 2.23. The molecule has 0 aliphatic heterocycles. The van der Waals surface area contributed by atoms with E-state index in [2.05, 4.69) is 61.5 Å². The molecule has 128 valence electrons. The first kappa shape index (κ1) is 30.8. The number of rotatable bonds is 1. The monoisotopic (exact) mass is 447 g/mol. The molecule has 0 amide bonds. The summed E-state index contributed by atoms with van der Waals surface area (Å²) in [6.07, 6.45) is 10.0. The Hall–Kier alpha value is -0.0900.